The van der Waals surface area contributed by atoms with Crippen molar-refractivity contribution in [3.05, 3.63) is 12.2 Å². The molecule has 0 spiro atoms. The Bertz CT molecular complexity index is 1190. The minimum absolute atomic E-state index is 0.271. The van der Waals surface area contributed by atoms with Crippen LogP contribution in [0, 0.1) is 0 Å². The molecule has 44 heavy (non-hydrogen) atoms. The third-order valence-electron chi connectivity index (χ3n) is 6.45. The normalized spacial score (nSPS) is 16.2. The van der Waals surface area contributed by atoms with Gasteiger partial charge in [0.15, 0.2) is 0 Å². The van der Waals surface area contributed by atoms with Crippen LogP contribution >= 0.6 is 0 Å². The van der Waals surface area contributed by atoms with Gasteiger partial charge in [-0.25, -0.2) is 0 Å². The first-order chi connectivity index (χ1) is 20.8. The summed E-state index contributed by atoms with van der Waals surface area (Å²) >= 11 is 0.508. The van der Waals surface area contributed by atoms with Crippen LogP contribution in [0.5, 0.6) is 0 Å². The van der Waals surface area contributed by atoms with E-state index in [0.29, 0.717) is 43.5 Å². The van der Waals surface area contributed by atoms with Crippen molar-refractivity contribution in [3.63, 3.8) is 0 Å². The second-order valence-corrected chi connectivity index (χ2v) is 11.1. The fourth-order valence-electron chi connectivity index (χ4n) is 3.88. The van der Waals surface area contributed by atoms with Crippen LogP contribution in [-0.2, 0) is 47.9 Å². The molecule has 1 aliphatic heterocycles. The third-order valence-corrected chi connectivity index (χ3v) is 8.04. The summed E-state index contributed by atoms with van der Waals surface area (Å²) in [5.41, 5.74) is 4.23. The first kappa shape index (κ1) is 36.2. The van der Waals surface area contributed by atoms with E-state index < -0.39 is 104 Å². The zero-order chi connectivity index (χ0) is 32.9. The number of rotatable bonds is 19. The fraction of sp³-hybridized carbons (Fsp3) is 0.542. The van der Waals surface area contributed by atoms with Gasteiger partial charge in [0.2, 0.25) is 0 Å². The molecule has 2 unspecified atom stereocenters. The summed E-state index contributed by atoms with van der Waals surface area (Å²) in [6.07, 6.45) is 3.58. The second-order valence-electron chi connectivity index (χ2n) is 9.56. The van der Waals surface area contributed by atoms with Gasteiger partial charge in [-0.3, -0.25) is 14.4 Å². The number of carbonyl (C=O) groups excluding carboxylic acids is 8. The molecule has 9 N–H and O–H groups in total. The first-order valence-electron chi connectivity index (χ1n) is 13.2. The molecule has 0 saturated heterocycles. The summed E-state index contributed by atoms with van der Waals surface area (Å²) in [5.74, 6) is -7.13. The Hall–Kier alpha value is -3.99. The number of nitrogens with zero attached hydrogens (tertiary/aromatic N) is 1. The molecular weight excluding hydrogens is 784 g/mol. The van der Waals surface area contributed by atoms with Crippen molar-refractivity contribution in [2.75, 3.05) is 39.5 Å². The molecule has 20 heteroatoms. The van der Waals surface area contributed by atoms with Crippen molar-refractivity contribution in [3.8, 4) is 0 Å². The van der Waals surface area contributed by atoms with Crippen LogP contribution in [0.3, 0.4) is 0 Å². The number of aliphatic carboxylic acids is 1. The molecule has 239 valence electrons. The Morgan fingerprint density at radius 3 is 1.98 bits per heavy atom. The molecule has 1 fully saturated rings. The number of nitrogens with two attached hydrogens (primary N) is 1. The Morgan fingerprint density at radius 2 is 1.45 bits per heavy atom. The quantitative estimate of drug-likeness (QED) is 0.0344. The van der Waals surface area contributed by atoms with Crippen LogP contribution in [0.15, 0.2) is 12.2 Å². The Labute approximate surface area is 266 Å². The van der Waals surface area contributed by atoms with Crippen LogP contribution in [0.25, 0.3) is 0 Å². The van der Waals surface area contributed by atoms with Crippen molar-refractivity contribution >= 4 is 79.0 Å². The average Bonchev–Trinajstić information content (AvgIpc) is 3.28. The summed E-state index contributed by atoms with van der Waals surface area (Å²) in [6.45, 7) is -2.84. The van der Waals surface area contributed by atoms with Gasteiger partial charge in [0.05, 0.1) is 6.54 Å². The van der Waals surface area contributed by atoms with E-state index in [9.17, 15) is 43.2 Å². The Balaban J connectivity index is 1.73. The number of nitrogens with one attached hydrogen (secondary N) is 6. The Kier molecular flexibility index (Phi) is 14.3. The average molecular weight is 817 g/mol. The van der Waals surface area contributed by atoms with Gasteiger partial charge in [-0.15, -0.1) is 0 Å². The van der Waals surface area contributed by atoms with E-state index in [1.54, 1.807) is 0 Å². The summed E-state index contributed by atoms with van der Waals surface area (Å²) in [4.78, 5) is 108. The van der Waals surface area contributed by atoms with Crippen LogP contribution in [-0.4, -0.2) is 146 Å². The summed E-state index contributed by atoms with van der Waals surface area (Å²) in [6, 6.07) is -2.43. The van der Waals surface area contributed by atoms with Gasteiger partial charge < -0.3 is 10.4 Å². The van der Waals surface area contributed by atoms with Crippen molar-refractivity contribution in [1.29, 1.82) is 0 Å². The zero-order valence-electron chi connectivity index (χ0n) is 23.4. The molecule has 0 aromatic carbocycles. The van der Waals surface area contributed by atoms with Crippen LogP contribution in [0.1, 0.15) is 19.3 Å². The molecule has 1 saturated carbocycles. The number of hydrogen-bond acceptors (Lipinski definition) is 11. The maximum absolute atomic E-state index is 12.6. The Morgan fingerprint density at radius 1 is 0.886 bits per heavy atom. The molecule has 1 aliphatic carbocycles. The van der Waals surface area contributed by atoms with E-state index in [0.717, 1.165) is 18.6 Å². The molecule has 2 atom stereocenters. The van der Waals surface area contributed by atoms with E-state index in [2.05, 4.69) is 31.9 Å². The SMILES string of the molecule is NC(=O)C1(OCNC(=O)CNC(=O)C([CH2][Pb])NC(=O)CNC(=O)CNC(=O)C(CNCC(=O)O)N2C(=O)C=CC2=O)CCC1. The number of ether oxygens (including phenoxy) is 1. The molecule has 1 heterocycles. The fourth-order valence-corrected chi connectivity index (χ4v) is 5.00. The number of primary amides is 1. The maximum atomic E-state index is 12.6. The van der Waals surface area contributed by atoms with Crippen molar-refractivity contribution in [2.45, 2.75) is 40.9 Å². The van der Waals surface area contributed by atoms with E-state index in [-0.39, 0.29) is 10.7 Å². The number of carboxylic acids is 1. The second kappa shape index (κ2) is 17.3. The number of carbonyl (C=O) groups is 9. The molecule has 19 nitrogen and oxygen atoms in total. The number of carboxylic acid groups (broad SMARTS) is 1. The monoisotopic (exact) mass is 817 g/mol. The van der Waals surface area contributed by atoms with Gasteiger partial charge in [0.25, 0.3) is 11.8 Å². The molecule has 2 rings (SSSR count). The van der Waals surface area contributed by atoms with Gasteiger partial charge in [-0.05, 0) is 0 Å². The van der Waals surface area contributed by atoms with Crippen LogP contribution in [0.2, 0.25) is 3.98 Å². The van der Waals surface area contributed by atoms with Gasteiger partial charge in [0.1, 0.15) is 0 Å². The molecule has 3 radical (unpaired) electrons. The van der Waals surface area contributed by atoms with E-state index in [1.807, 2.05) is 0 Å². The standard InChI is InChI=1S/C24H33N8O11.Pb/c1-13(21(40)28-9-16(34)30-12-43-24(23(25)42)5-2-6-24)31-17(35)10-27-15(33)8-29-22(41)14(7-26-11-20(38)39)32-18(36)3-4-19(32)37;/h3-4,13-14,26H,1-2,5-12H2,(H2,25,42)(H,27,33)(H,28,40)(H,29,41)(H,30,34)(H,31,35)(H,38,39);. The third kappa shape index (κ3) is 10.9. The number of imide groups is 1. The minimum atomic E-state index is -1.45. The molecule has 2 aliphatic rings. The van der Waals surface area contributed by atoms with Crippen molar-refractivity contribution in [2.24, 2.45) is 5.73 Å². The summed E-state index contributed by atoms with van der Waals surface area (Å²) < 4.78 is 5.67. The topological polar surface area (TPSA) is 285 Å². The predicted molar refractivity (Wildman–Crippen MR) is 147 cm³/mol. The summed E-state index contributed by atoms with van der Waals surface area (Å²) in [5, 5.41) is 22.9. The molecule has 0 aromatic heterocycles. The molecule has 8 amide bonds. The first-order valence-corrected chi connectivity index (χ1v) is 16.0. The van der Waals surface area contributed by atoms with Crippen molar-refractivity contribution < 1.29 is 53.0 Å². The van der Waals surface area contributed by atoms with Gasteiger partial charge in [-0.2, -0.15) is 0 Å². The van der Waals surface area contributed by atoms with E-state index in [4.69, 9.17) is 15.6 Å². The van der Waals surface area contributed by atoms with Gasteiger partial charge in [-0.1, -0.05) is 0 Å². The molecule has 0 bridgehead atoms. The van der Waals surface area contributed by atoms with Crippen LogP contribution < -0.4 is 37.6 Å². The van der Waals surface area contributed by atoms with E-state index >= 15 is 0 Å². The zero-order valence-corrected chi connectivity index (χ0v) is 27.3. The summed E-state index contributed by atoms with van der Waals surface area (Å²) in [7, 11) is 0. The van der Waals surface area contributed by atoms with Crippen molar-refractivity contribution in [1.82, 2.24) is 36.8 Å². The number of amides is 8. The predicted octanol–water partition coefficient (Wildman–Crippen LogP) is -6.13. The van der Waals surface area contributed by atoms with Gasteiger partial charge >= 0.3 is 212 Å². The van der Waals surface area contributed by atoms with Gasteiger partial charge in [0, 0.05) is 12.2 Å². The van der Waals surface area contributed by atoms with Crippen LogP contribution in [0.4, 0.5) is 0 Å². The number of hydrogen-bond donors (Lipinski definition) is 8. The molecule has 0 aromatic rings. The van der Waals surface area contributed by atoms with E-state index in [1.165, 1.54) is 0 Å². The molecular formula is C24H33N8O11Pb.